The van der Waals surface area contributed by atoms with E-state index in [1.807, 2.05) is 138 Å². The first-order valence-electron chi connectivity index (χ1n) is 13.7. The molecule has 0 spiro atoms. The average Bonchev–Trinajstić information content (AvgIpc) is 3.61. The van der Waals surface area contributed by atoms with E-state index in [0.29, 0.717) is 10.6 Å². The zero-order valence-electron chi connectivity index (χ0n) is 25.8. The van der Waals surface area contributed by atoms with Crippen LogP contribution in [0.15, 0.2) is 55.4 Å². The molecule has 0 unspecified atom stereocenters. The van der Waals surface area contributed by atoms with Gasteiger partial charge in [0, 0.05) is 42.9 Å². The molecular formula is C32H41ClN8. The lowest BCUT2D eigenvalue weighted by atomic mass is 10.2. The van der Waals surface area contributed by atoms with Crippen LogP contribution in [0.1, 0.15) is 67.0 Å². The van der Waals surface area contributed by atoms with Gasteiger partial charge in [-0.25, -0.2) is 15.0 Å². The maximum atomic E-state index is 8.87. The number of hydrogen-bond donors (Lipinski definition) is 1. The number of nitrogens with two attached hydrogens (primary N) is 1. The molecule has 6 aromatic heterocycles. The quantitative estimate of drug-likeness (QED) is 0.198. The molecule has 0 atom stereocenters. The van der Waals surface area contributed by atoms with Crippen molar-refractivity contribution in [2.24, 2.45) is 0 Å². The maximum absolute atomic E-state index is 8.87. The molecule has 0 aliphatic carbocycles. The predicted octanol–water partition coefficient (Wildman–Crippen LogP) is 8.01. The van der Waals surface area contributed by atoms with E-state index in [1.165, 1.54) is 0 Å². The number of aryl methyl sites for hydroxylation is 6. The molecule has 0 aliphatic heterocycles. The minimum atomic E-state index is 0.633. The van der Waals surface area contributed by atoms with Crippen molar-refractivity contribution >= 4 is 34.2 Å². The van der Waals surface area contributed by atoms with Crippen molar-refractivity contribution in [3.63, 3.8) is 0 Å². The third-order valence-electron chi connectivity index (χ3n) is 5.57. The first-order valence-corrected chi connectivity index (χ1v) is 14.1. The minimum absolute atomic E-state index is 0.633. The summed E-state index contributed by atoms with van der Waals surface area (Å²) in [5.74, 6) is 0. The second-order valence-corrected chi connectivity index (χ2v) is 9.61. The highest BCUT2D eigenvalue weighted by molar-refractivity contribution is 6.33. The Kier molecular flexibility index (Phi) is 11.9. The Morgan fingerprint density at radius 3 is 1.61 bits per heavy atom. The van der Waals surface area contributed by atoms with Gasteiger partial charge >= 0.3 is 0 Å². The lowest BCUT2D eigenvalue weighted by molar-refractivity contribution is 1.15. The van der Waals surface area contributed by atoms with Crippen molar-refractivity contribution in [2.75, 3.05) is 5.73 Å². The normalized spacial score (nSPS) is 9.90. The molecule has 0 amide bonds. The standard InChI is InChI=1S/C10H9N3.C9H9ClN2.C9H11N3.2C2H6/c1-7-3-9(4-11)10-12-8(2)6-13(10)5-7;1-6-3-8(10)9-11-7(2)5-12(9)4-6;1-6-3-8(10)5-12-4-7(2)11-9(6)12;2*1-2/h3,5-6H,1-2H3;3-5H,1-2H3;3-5H,10H2,1-2H3;2*1-2H3. The van der Waals surface area contributed by atoms with Crippen molar-refractivity contribution in [3.8, 4) is 6.07 Å². The van der Waals surface area contributed by atoms with Gasteiger partial charge in [0.1, 0.15) is 11.7 Å². The topological polar surface area (TPSA) is 102 Å². The van der Waals surface area contributed by atoms with E-state index in [4.69, 9.17) is 22.6 Å². The van der Waals surface area contributed by atoms with Crippen molar-refractivity contribution in [1.82, 2.24) is 28.2 Å². The third-order valence-corrected chi connectivity index (χ3v) is 5.85. The number of fused-ring (bicyclic) bond motifs is 3. The zero-order chi connectivity index (χ0) is 30.9. The number of hydrogen-bond acceptors (Lipinski definition) is 5. The molecule has 8 nitrogen and oxygen atoms in total. The molecular weight excluding hydrogens is 532 g/mol. The van der Waals surface area contributed by atoms with Gasteiger partial charge in [0.05, 0.1) is 27.7 Å². The van der Waals surface area contributed by atoms with E-state index in [0.717, 1.165) is 56.4 Å². The van der Waals surface area contributed by atoms with Crippen molar-refractivity contribution in [3.05, 3.63) is 99.7 Å². The van der Waals surface area contributed by atoms with Gasteiger partial charge in [0.25, 0.3) is 0 Å². The lowest BCUT2D eigenvalue weighted by Crippen LogP contribution is -1.92. The second kappa shape index (κ2) is 14.9. The number of nitrogen functional groups attached to an aromatic ring is 1. The summed E-state index contributed by atoms with van der Waals surface area (Å²) in [5, 5.41) is 9.58. The molecule has 0 radical (unpaired) electrons. The number of pyridine rings is 3. The fourth-order valence-electron chi connectivity index (χ4n) is 4.18. The van der Waals surface area contributed by atoms with E-state index in [-0.39, 0.29) is 0 Å². The first-order chi connectivity index (χ1) is 19.5. The second-order valence-electron chi connectivity index (χ2n) is 9.20. The molecule has 6 aromatic rings. The number of anilines is 1. The lowest BCUT2D eigenvalue weighted by Gasteiger charge is -1.98. The molecule has 0 saturated heterocycles. The van der Waals surface area contributed by atoms with Crippen molar-refractivity contribution in [2.45, 2.75) is 69.2 Å². The average molecular weight is 573 g/mol. The summed E-state index contributed by atoms with van der Waals surface area (Å²) in [6, 6.07) is 7.84. The number of nitriles is 1. The van der Waals surface area contributed by atoms with Crippen LogP contribution in [0.25, 0.3) is 16.9 Å². The highest BCUT2D eigenvalue weighted by Crippen LogP contribution is 2.18. The number of imidazole rings is 3. The highest BCUT2D eigenvalue weighted by Gasteiger charge is 2.05. The molecule has 0 aromatic carbocycles. The van der Waals surface area contributed by atoms with Crippen LogP contribution in [-0.4, -0.2) is 28.2 Å². The molecule has 6 heterocycles. The van der Waals surface area contributed by atoms with E-state index >= 15 is 0 Å². The molecule has 6 rings (SSSR count). The van der Waals surface area contributed by atoms with Gasteiger partial charge < -0.3 is 18.9 Å². The number of nitrogens with zero attached hydrogens (tertiary/aromatic N) is 7. The van der Waals surface area contributed by atoms with E-state index in [1.54, 1.807) is 0 Å². The minimum Gasteiger partial charge on any atom is -0.398 e. The molecule has 2 N–H and O–H groups in total. The fourth-order valence-corrected chi connectivity index (χ4v) is 4.49. The van der Waals surface area contributed by atoms with E-state index in [2.05, 4.69) is 21.0 Å². The summed E-state index contributed by atoms with van der Waals surface area (Å²) < 4.78 is 5.80. The van der Waals surface area contributed by atoms with Crippen LogP contribution in [0.2, 0.25) is 5.02 Å². The Hall–Kier alpha value is -4.35. The summed E-state index contributed by atoms with van der Waals surface area (Å²) >= 11 is 5.99. The summed E-state index contributed by atoms with van der Waals surface area (Å²) in [6.07, 6.45) is 11.7. The Balaban J connectivity index is 0.000000203. The van der Waals surface area contributed by atoms with Crippen LogP contribution in [0.4, 0.5) is 5.69 Å². The highest BCUT2D eigenvalue weighted by atomic mass is 35.5. The van der Waals surface area contributed by atoms with Crippen LogP contribution < -0.4 is 5.73 Å². The predicted molar refractivity (Wildman–Crippen MR) is 171 cm³/mol. The van der Waals surface area contributed by atoms with Crippen LogP contribution in [-0.2, 0) is 0 Å². The SMILES string of the molecule is CC.CC.Cc1cc(C#N)c2nc(C)cn2c1.Cc1cc(Cl)c2nc(C)cn2c1.Cc1cn2cc(N)cc(C)c2n1. The van der Waals surface area contributed by atoms with Gasteiger partial charge in [-0.15, -0.1) is 0 Å². The van der Waals surface area contributed by atoms with Gasteiger partial charge in [-0.1, -0.05) is 39.3 Å². The van der Waals surface area contributed by atoms with E-state index < -0.39 is 0 Å². The van der Waals surface area contributed by atoms with Crippen LogP contribution in [0.3, 0.4) is 0 Å². The Bertz CT molecular complexity index is 1700. The van der Waals surface area contributed by atoms with Crippen LogP contribution in [0, 0.1) is 52.9 Å². The van der Waals surface area contributed by atoms with Crippen LogP contribution in [0.5, 0.6) is 0 Å². The third kappa shape index (κ3) is 8.32. The maximum Gasteiger partial charge on any atom is 0.155 e. The molecule has 9 heteroatoms. The number of aromatic nitrogens is 6. The van der Waals surface area contributed by atoms with Gasteiger partial charge in [0.15, 0.2) is 11.3 Å². The Morgan fingerprint density at radius 1 is 0.634 bits per heavy atom. The summed E-state index contributed by atoms with van der Waals surface area (Å²) in [4.78, 5) is 12.9. The summed E-state index contributed by atoms with van der Waals surface area (Å²) in [6.45, 7) is 19.8. The molecule has 0 bridgehead atoms. The molecule has 0 saturated carbocycles. The zero-order valence-corrected chi connectivity index (χ0v) is 26.5. The van der Waals surface area contributed by atoms with E-state index in [9.17, 15) is 0 Å². The summed E-state index contributed by atoms with van der Waals surface area (Å²) in [7, 11) is 0. The molecule has 216 valence electrons. The smallest absolute Gasteiger partial charge is 0.155 e. The molecule has 0 aliphatic rings. The van der Waals surface area contributed by atoms with Gasteiger partial charge in [-0.3, -0.25) is 0 Å². The molecule has 41 heavy (non-hydrogen) atoms. The largest absolute Gasteiger partial charge is 0.398 e. The van der Waals surface area contributed by atoms with Gasteiger partial charge in [-0.2, -0.15) is 5.26 Å². The number of rotatable bonds is 0. The van der Waals surface area contributed by atoms with Crippen molar-refractivity contribution in [1.29, 1.82) is 5.26 Å². The fraction of sp³-hybridized carbons (Fsp3) is 0.312. The first kappa shape index (κ1) is 32.9. The monoisotopic (exact) mass is 572 g/mol. The summed E-state index contributed by atoms with van der Waals surface area (Å²) in [5.41, 5.74) is 15.9. The Labute approximate surface area is 248 Å². The molecule has 0 fully saturated rings. The van der Waals surface area contributed by atoms with Crippen molar-refractivity contribution < 1.29 is 0 Å². The van der Waals surface area contributed by atoms with Gasteiger partial charge in [-0.05, 0) is 76.4 Å². The van der Waals surface area contributed by atoms with Gasteiger partial charge in [0.2, 0.25) is 0 Å². The Morgan fingerprint density at radius 2 is 1.07 bits per heavy atom. The number of halogens is 1. The van der Waals surface area contributed by atoms with Crippen LogP contribution >= 0.6 is 11.6 Å².